The fourth-order valence-electron chi connectivity index (χ4n) is 3.32. The first-order valence-electron chi connectivity index (χ1n) is 9.84. The Hall–Kier alpha value is -2.95. The Morgan fingerprint density at radius 2 is 1.93 bits per heavy atom. The van der Waals surface area contributed by atoms with Gasteiger partial charge in [-0.05, 0) is 75.3 Å². The van der Waals surface area contributed by atoms with Crippen molar-refractivity contribution in [3.63, 3.8) is 0 Å². The number of nitrogens with one attached hydrogen (secondary N) is 2. The van der Waals surface area contributed by atoms with Crippen LogP contribution >= 0.6 is 0 Å². The summed E-state index contributed by atoms with van der Waals surface area (Å²) in [6.07, 6.45) is 9.42. The molecule has 5 heteroatoms. The third-order valence-electron chi connectivity index (χ3n) is 5.01. The number of amides is 2. The number of rotatable bonds is 6. The molecule has 2 amide bonds. The summed E-state index contributed by atoms with van der Waals surface area (Å²) in [4.78, 5) is 29.1. The number of hydrogen-bond donors (Lipinski definition) is 2. The van der Waals surface area contributed by atoms with Crippen LogP contribution in [-0.2, 0) is 0 Å². The average Bonchev–Trinajstić information content (AvgIpc) is 2.71. The number of carbonyl (C=O) groups is 2. The van der Waals surface area contributed by atoms with Crippen LogP contribution in [0, 0.1) is 13.8 Å². The van der Waals surface area contributed by atoms with Gasteiger partial charge in [-0.2, -0.15) is 0 Å². The first kappa shape index (κ1) is 19.8. The van der Waals surface area contributed by atoms with Gasteiger partial charge in [-0.25, -0.2) is 0 Å². The molecule has 1 aromatic heterocycles. The molecule has 1 aromatic carbocycles. The van der Waals surface area contributed by atoms with Crippen LogP contribution in [-0.4, -0.2) is 23.3 Å². The van der Waals surface area contributed by atoms with E-state index in [1.807, 2.05) is 32.0 Å². The predicted octanol–water partition coefficient (Wildman–Crippen LogP) is 4.57. The van der Waals surface area contributed by atoms with Crippen molar-refractivity contribution < 1.29 is 9.59 Å². The van der Waals surface area contributed by atoms with Gasteiger partial charge < -0.3 is 10.6 Å². The highest BCUT2D eigenvalue weighted by atomic mass is 16.2. The SMILES string of the molecule is Cc1ccc(C)c(NC(=O)c2ccnc(C(=O)NCCC3=CCCCC3)c2)c1. The fraction of sp³-hybridized carbons (Fsp3) is 0.348. The minimum atomic E-state index is -0.252. The molecule has 2 N–H and O–H groups in total. The second kappa shape index (κ2) is 9.31. The summed E-state index contributed by atoms with van der Waals surface area (Å²) in [7, 11) is 0. The van der Waals surface area contributed by atoms with Gasteiger partial charge >= 0.3 is 0 Å². The van der Waals surface area contributed by atoms with Gasteiger partial charge in [-0.3, -0.25) is 14.6 Å². The maximum Gasteiger partial charge on any atom is 0.269 e. The zero-order chi connectivity index (χ0) is 19.9. The number of hydrogen-bond acceptors (Lipinski definition) is 3. The molecule has 2 aromatic rings. The van der Waals surface area contributed by atoms with E-state index in [0.717, 1.165) is 36.1 Å². The highest BCUT2D eigenvalue weighted by molar-refractivity contribution is 6.06. The van der Waals surface area contributed by atoms with E-state index in [4.69, 9.17) is 0 Å². The number of anilines is 1. The highest BCUT2D eigenvalue weighted by Crippen LogP contribution is 2.20. The Balaban J connectivity index is 1.60. The Kier molecular flexibility index (Phi) is 6.58. The zero-order valence-corrected chi connectivity index (χ0v) is 16.5. The van der Waals surface area contributed by atoms with Gasteiger partial charge in [0, 0.05) is 24.0 Å². The van der Waals surface area contributed by atoms with Gasteiger partial charge in [-0.15, -0.1) is 0 Å². The van der Waals surface area contributed by atoms with Crippen molar-refractivity contribution in [2.75, 3.05) is 11.9 Å². The Morgan fingerprint density at radius 3 is 2.71 bits per heavy atom. The molecule has 5 nitrogen and oxygen atoms in total. The monoisotopic (exact) mass is 377 g/mol. The van der Waals surface area contributed by atoms with E-state index in [2.05, 4.69) is 21.7 Å². The molecule has 1 heterocycles. The van der Waals surface area contributed by atoms with E-state index >= 15 is 0 Å². The fourth-order valence-corrected chi connectivity index (χ4v) is 3.32. The van der Waals surface area contributed by atoms with Gasteiger partial charge in [0.05, 0.1) is 0 Å². The van der Waals surface area contributed by atoms with E-state index in [0.29, 0.717) is 12.1 Å². The van der Waals surface area contributed by atoms with Crippen LogP contribution in [0.4, 0.5) is 5.69 Å². The summed E-state index contributed by atoms with van der Waals surface area (Å²) in [5.74, 6) is -0.504. The van der Waals surface area contributed by atoms with Gasteiger partial charge in [-0.1, -0.05) is 23.8 Å². The highest BCUT2D eigenvalue weighted by Gasteiger charge is 2.13. The molecule has 1 aliphatic carbocycles. The molecule has 0 unspecified atom stereocenters. The molecule has 0 radical (unpaired) electrons. The molecule has 0 aliphatic heterocycles. The lowest BCUT2D eigenvalue weighted by Gasteiger charge is -2.13. The minimum absolute atomic E-state index is 0.252. The lowest BCUT2D eigenvalue weighted by molar-refractivity contribution is 0.0949. The molecule has 0 saturated heterocycles. The Labute approximate surface area is 166 Å². The molecule has 0 fully saturated rings. The third-order valence-corrected chi connectivity index (χ3v) is 5.01. The number of carbonyl (C=O) groups excluding carboxylic acids is 2. The molecule has 146 valence electrons. The first-order chi connectivity index (χ1) is 13.5. The van der Waals surface area contributed by atoms with Crippen LogP contribution in [0.15, 0.2) is 48.2 Å². The summed E-state index contributed by atoms with van der Waals surface area (Å²) in [6, 6.07) is 9.06. The Bertz CT molecular complexity index is 902. The van der Waals surface area contributed by atoms with Crippen LogP contribution in [0.1, 0.15) is 64.1 Å². The smallest absolute Gasteiger partial charge is 0.269 e. The van der Waals surface area contributed by atoms with Crippen LogP contribution in [0.5, 0.6) is 0 Å². The van der Waals surface area contributed by atoms with Crippen molar-refractivity contribution in [1.29, 1.82) is 0 Å². The van der Waals surface area contributed by atoms with E-state index in [1.165, 1.54) is 30.7 Å². The van der Waals surface area contributed by atoms with Gasteiger partial charge in [0.25, 0.3) is 11.8 Å². The van der Waals surface area contributed by atoms with Crippen LogP contribution in [0.3, 0.4) is 0 Å². The lowest BCUT2D eigenvalue weighted by Crippen LogP contribution is -2.26. The predicted molar refractivity (Wildman–Crippen MR) is 112 cm³/mol. The summed E-state index contributed by atoms with van der Waals surface area (Å²) in [5, 5.41) is 5.82. The topological polar surface area (TPSA) is 71.1 Å². The molecular weight excluding hydrogens is 350 g/mol. The van der Waals surface area contributed by atoms with Gasteiger partial charge in [0.15, 0.2) is 0 Å². The van der Waals surface area contributed by atoms with Crippen molar-refractivity contribution in [3.8, 4) is 0 Å². The number of aryl methyl sites for hydroxylation is 2. The second-order valence-corrected chi connectivity index (χ2v) is 7.32. The standard InChI is InChI=1S/C23H27N3O2/c1-16-8-9-17(2)20(14-16)26-22(27)19-11-13-24-21(15-19)23(28)25-12-10-18-6-4-3-5-7-18/h6,8-9,11,13-15H,3-5,7,10,12H2,1-2H3,(H,25,28)(H,26,27). The maximum absolute atomic E-state index is 12.6. The van der Waals surface area contributed by atoms with Gasteiger partial charge in [0.1, 0.15) is 5.69 Å². The second-order valence-electron chi connectivity index (χ2n) is 7.32. The number of allylic oxidation sites excluding steroid dienone is 1. The number of benzene rings is 1. The molecule has 0 spiro atoms. The van der Waals surface area contributed by atoms with Crippen LogP contribution in [0.2, 0.25) is 0 Å². The number of aromatic nitrogens is 1. The van der Waals surface area contributed by atoms with Crippen molar-refractivity contribution in [1.82, 2.24) is 10.3 Å². The van der Waals surface area contributed by atoms with Gasteiger partial charge in [0.2, 0.25) is 0 Å². The summed E-state index contributed by atoms with van der Waals surface area (Å²) in [6.45, 7) is 4.51. The molecule has 28 heavy (non-hydrogen) atoms. The Morgan fingerprint density at radius 1 is 1.07 bits per heavy atom. The van der Waals surface area contributed by atoms with Crippen LogP contribution in [0.25, 0.3) is 0 Å². The summed E-state index contributed by atoms with van der Waals surface area (Å²) >= 11 is 0. The number of pyridine rings is 1. The van der Waals surface area contributed by atoms with Crippen molar-refractivity contribution in [2.24, 2.45) is 0 Å². The molecule has 0 bridgehead atoms. The largest absolute Gasteiger partial charge is 0.350 e. The quantitative estimate of drug-likeness (QED) is 0.724. The van der Waals surface area contributed by atoms with Crippen molar-refractivity contribution in [2.45, 2.75) is 46.0 Å². The molecule has 0 saturated carbocycles. The first-order valence-corrected chi connectivity index (χ1v) is 9.84. The van der Waals surface area contributed by atoms with E-state index in [1.54, 1.807) is 6.07 Å². The van der Waals surface area contributed by atoms with E-state index in [-0.39, 0.29) is 17.5 Å². The average molecular weight is 377 g/mol. The lowest BCUT2D eigenvalue weighted by atomic mass is 9.97. The summed E-state index contributed by atoms with van der Waals surface area (Å²) < 4.78 is 0. The van der Waals surface area contributed by atoms with E-state index < -0.39 is 0 Å². The maximum atomic E-state index is 12.6. The van der Waals surface area contributed by atoms with Crippen molar-refractivity contribution in [3.05, 3.63) is 70.6 Å². The normalized spacial score (nSPS) is 13.6. The third kappa shape index (κ3) is 5.28. The summed E-state index contributed by atoms with van der Waals surface area (Å²) in [5.41, 5.74) is 4.92. The minimum Gasteiger partial charge on any atom is -0.350 e. The molecule has 3 rings (SSSR count). The van der Waals surface area contributed by atoms with E-state index in [9.17, 15) is 9.59 Å². The van der Waals surface area contributed by atoms with Crippen LogP contribution < -0.4 is 10.6 Å². The number of nitrogens with zero attached hydrogens (tertiary/aromatic N) is 1. The zero-order valence-electron chi connectivity index (χ0n) is 16.5. The molecule has 0 atom stereocenters. The van der Waals surface area contributed by atoms with Crippen molar-refractivity contribution >= 4 is 17.5 Å². The molecule has 1 aliphatic rings. The molecular formula is C23H27N3O2.